The Morgan fingerprint density at radius 1 is 0.225 bits per heavy atom. The molecule has 18 rings (SSSR count). The van der Waals surface area contributed by atoms with E-state index in [4.69, 9.17) is 29.9 Å². The number of aromatic nitrogens is 8. The van der Waals surface area contributed by atoms with Gasteiger partial charge < -0.3 is 107 Å². The number of hydrogen-bond donors (Lipinski definition) is 4. The number of hydrogen-bond acceptors (Lipinski definition) is 26. The molecule has 2 aliphatic heterocycles. The molecule has 0 atom stereocenters. The van der Waals surface area contributed by atoms with E-state index in [-0.39, 0.29) is 227 Å². The summed E-state index contributed by atoms with van der Waals surface area (Å²) in [6.45, 7) is 0. The van der Waals surface area contributed by atoms with Crippen LogP contribution in [-0.2, 0) is 112 Å². The maximum absolute atomic E-state index is 12.9. The largest absolute Gasteiger partial charge is 2.00 e. The molecule has 0 amide bonds. The Hall–Kier alpha value is -6.50. The van der Waals surface area contributed by atoms with Crippen LogP contribution in [-0.4, -0.2) is 97.8 Å². The molecule has 34 nitrogen and oxygen atoms in total. The molecule has 0 aliphatic carbocycles. The van der Waals surface area contributed by atoms with Crippen molar-refractivity contribution in [3.05, 3.63) is 202 Å². The molecule has 0 saturated heterocycles. The van der Waals surface area contributed by atoms with Crippen molar-refractivity contribution in [1.82, 2.24) is 39.9 Å². The maximum atomic E-state index is 12.9. The second kappa shape index (κ2) is 31.6. The predicted octanol–water partition coefficient (Wildman–Crippen LogP) is -8.59. The molecule has 547 valence electrons. The summed E-state index contributed by atoms with van der Waals surface area (Å²) in [5.74, 6) is 1.11. The summed E-state index contributed by atoms with van der Waals surface area (Å²) in [5, 5.41) is 3.64. The van der Waals surface area contributed by atoms with Gasteiger partial charge in [-0.3, -0.25) is 0 Å². The molecule has 2 aliphatic rings. The number of benzene rings is 8. The minimum absolute atomic E-state index is 0. The van der Waals surface area contributed by atoms with E-state index >= 15 is 0 Å². The second-order valence-corrected chi connectivity index (χ2v) is 31.1. The molecule has 0 fully saturated rings. The van der Waals surface area contributed by atoms with Crippen LogP contribution in [0.1, 0.15) is 0 Å². The van der Waals surface area contributed by atoms with Crippen molar-refractivity contribution in [2.24, 2.45) is 39.9 Å². The molecule has 8 aromatic carbocycles. The zero-order valence-electron chi connectivity index (χ0n) is 56.1. The standard InChI is InChI=1S/2C32H18N8O9S3.3Cu.4Na/c2*41-50(42,43)21-13-20-22(24(52(47,48)49)23(21)51(44,45)46)32-39-30-19-12-6-5-11-18(19)28(37-30)35-26-15-8-2-1-7-14(15)25(33-26)34-27-16-9-3-4-10-17(16)29(36-27)38-31(20)40-32;;;;;;;/h2*1-13H,(H5-2,33,34,35,36,37,38,39,40,41,42,43,44,45,46,47,48,49);;;;;;;/q2*-2;3*+2;4*+1/p-6. The van der Waals surface area contributed by atoms with Crippen LogP contribution >= 0.6 is 0 Å². The monoisotopic (exact) mass is 1780 g/mol. The first-order valence-electron chi connectivity index (χ1n) is 29.7. The van der Waals surface area contributed by atoms with E-state index in [0.29, 0.717) is 87.7 Å². The third-order valence-electron chi connectivity index (χ3n) is 17.0. The summed E-state index contributed by atoms with van der Waals surface area (Å²) in [6.07, 6.45) is 0. The van der Waals surface area contributed by atoms with E-state index in [1.54, 1.807) is 97.1 Å². The zero-order valence-corrected chi connectivity index (χ0v) is 71.8. The van der Waals surface area contributed by atoms with Crippen LogP contribution in [0.2, 0.25) is 0 Å². The molecule has 16 aromatic rings. The number of nitrogens with one attached hydrogen (secondary N) is 4. The molecule has 4 N–H and O–H groups in total. The van der Waals surface area contributed by atoms with Crippen molar-refractivity contribution in [3.63, 3.8) is 0 Å². The first-order chi connectivity index (χ1) is 49.3. The van der Waals surface area contributed by atoms with Gasteiger partial charge in [0.1, 0.15) is 60.7 Å². The first-order valence-corrected chi connectivity index (χ1v) is 38.2. The molecule has 0 unspecified atom stereocenters. The van der Waals surface area contributed by atoms with Crippen molar-refractivity contribution < 1.29 is 247 Å². The summed E-state index contributed by atoms with van der Waals surface area (Å²) in [7, 11) is -36.2. The summed E-state index contributed by atoms with van der Waals surface area (Å²) in [6, 6.07) is 42.6. The van der Waals surface area contributed by atoms with Crippen LogP contribution in [0.25, 0.3) is 86.2 Å². The molecule has 10 heterocycles. The fourth-order valence-corrected chi connectivity index (χ4v) is 19.4. The molecule has 0 spiro atoms. The SMILES string of the molecule is O=S(=O)([O-])c1cc2c3[n-]c(c2c(S(=O)(=O)[O-])c1S(=O)(=O)[O-])=Nc1[nH]c(c2ccccc12)N=c1[n-]c(c2ccccc12)=Nc1[nH]c(c2ccccc12)N=3.O=S(=O)([O-])c1cc2c3[n-]c(c2c(S(=O)(=O)[O-])c1S(=O)(=O)[O-])=Nc1[nH]c(c2ccccc12)N=c1[n-]c(c2ccccc12)=Nc1[nH]c(c2ccccc12)N=3.[Cu+2].[Cu+2].[Cu+2].[Na+].[Na+].[Na+].[Na+]. The van der Waals surface area contributed by atoms with Gasteiger partial charge in [0.15, 0.2) is 0 Å². The average molecular weight is 1790 g/mol. The smallest absolute Gasteiger partial charge is 0.744 e. The molecule has 111 heavy (non-hydrogen) atoms. The molecular formula is C64H30Cu3N16Na4O18S6. The molecular weight excluding hydrogens is 1760 g/mol. The summed E-state index contributed by atoms with van der Waals surface area (Å²) in [4.78, 5) is 56.3. The maximum Gasteiger partial charge on any atom is 2.00 e. The first kappa shape index (κ1) is 86.9. The van der Waals surface area contributed by atoms with E-state index in [1.807, 2.05) is 48.5 Å². The number of fused-ring (bicyclic) bond motifs is 40. The molecule has 16 bridgehead atoms. The zero-order chi connectivity index (χ0) is 72.6. The Kier molecular flexibility index (Phi) is 24.7. The van der Waals surface area contributed by atoms with Gasteiger partial charge in [-0.2, -0.15) is 0 Å². The van der Waals surface area contributed by atoms with E-state index < -0.39 is 134 Å². The van der Waals surface area contributed by atoms with Crippen molar-refractivity contribution in [1.29, 1.82) is 0 Å². The fraction of sp³-hybridized carbons (Fsp3) is 0. The van der Waals surface area contributed by atoms with Gasteiger partial charge in [-0.15, -0.1) is 0 Å². The number of rotatable bonds is 6. The van der Waals surface area contributed by atoms with E-state index in [2.05, 4.69) is 49.9 Å². The quantitative estimate of drug-likeness (QED) is 0.0887. The Balaban J connectivity index is 0.000000222. The van der Waals surface area contributed by atoms with Gasteiger partial charge >= 0.3 is 169 Å². The van der Waals surface area contributed by atoms with Crippen LogP contribution in [0.3, 0.4) is 0 Å². The Bertz CT molecular complexity index is 7530. The number of nitrogens with zero attached hydrogens (tertiary/aromatic N) is 12. The number of aromatic amines is 4. The second-order valence-electron chi connectivity index (χ2n) is 23.1. The van der Waals surface area contributed by atoms with Crippen LogP contribution < -0.4 is 182 Å². The van der Waals surface area contributed by atoms with Crippen molar-refractivity contribution in [2.45, 2.75) is 29.4 Å². The normalized spacial score (nSPS) is 12.7. The minimum atomic E-state index is -6.12. The molecule has 3 radical (unpaired) electrons. The van der Waals surface area contributed by atoms with Crippen molar-refractivity contribution in [3.8, 4) is 0 Å². The van der Waals surface area contributed by atoms with Crippen LogP contribution in [0, 0.1) is 0 Å². The van der Waals surface area contributed by atoms with Crippen molar-refractivity contribution in [2.75, 3.05) is 0 Å². The Labute approximate surface area is 741 Å². The van der Waals surface area contributed by atoms with E-state index in [1.165, 1.54) is 0 Å². The van der Waals surface area contributed by atoms with E-state index in [0.717, 1.165) is 0 Å². The van der Waals surface area contributed by atoms with Gasteiger partial charge in [-0.25, -0.2) is 50.5 Å². The fourth-order valence-electron chi connectivity index (χ4n) is 12.8. The number of H-pyrrole nitrogens is 4. The van der Waals surface area contributed by atoms with Crippen LogP contribution in [0.5, 0.6) is 0 Å². The summed E-state index contributed by atoms with van der Waals surface area (Å²) >= 11 is 0. The topological polar surface area (TPSA) is 562 Å². The van der Waals surface area contributed by atoms with Gasteiger partial charge in [0.05, 0.1) is 75.9 Å². The van der Waals surface area contributed by atoms with Gasteiger partial charge in [0, 0.05) is 97.8 Å². The minimum Gasteiger partial charge on any atom is -0.744 e. The third kappa shape index (κ3) is 15.4. The Morgan fingerprint density at radius 3 is 0.568 bits per heavy atom. The van der Waals surface area contributed by atoms with Gasteiger partial charge in [0.2, 0.25) is 0 Å². The van der Waals surface area contributed by atoms with Crippen molar-refractivity contribution >= 4 is 193 Å². The summed E-state index contributed by atoms with van der Waals surface area (Å²) in [5.41, 5.74) is -1.06. The predicted molar refractivity (Wildman–Crippen MR) is 357 cm³/mol. The Morgan fingerprint density at radius 2 is 0.387 bits per heavy atom. The average Bonchev–Trinajstić information content (AvgIpc) is 1.70. The molecule has 8 aromatic heterocycles. The van der Waals surface area contributed by atoms with Gasteiger partial charge in [-0.05, 0) is 44.5 Å². The van der Waals surface area contributed by atoms with Crippen LogP contribution in [0.15, 0.2) is 227 Å². The van der Waals surface area contributed by atoms with Gasteiger partial charge in [-0.1, -0.05) is 146 Å². The molecule has 0 saturated carbocycles. The van der Waals surface area contributed by atoms with Crippen LogP contribution in [0.4, 0.5) is 46.5 Å². The summed E-state index contributed by atoms with van der Waals surface area (Å²) < 4.78 is 226. The molecule has 47 heteroatoms. The third-order valence-corrected chi connectivity index (χ3v) is 22.9. The van der Waals surface area contributed by atoms with Gasteiger partial charge in [0.25, 0.3) is 0 Å². The van der Waals surface area contributed by atoms with E-state index in [9.17, 15) is 77.8 Å².